The van der Waals surface area contributed by atoms with E-state index >= 15 is 0 Å². The highest BCUT2D eigenvalue weighted by atomic mass is 32.2. The lowest BCUT2D eigenvalue weighted by Gasteiger charge is -2.06. The number of hydrogen-bond acceptors (Lipinski definition) is 5. The van der Waals surface area contributed by atoms with Crippen LogP contribution in [0.25, 0.3) is 0 Å². The van der Waals surface area contributed by atoms with Gasteiger partial charge in [0.25, 0.3) is 0 Å². The minimum atomic E-state index is -3.30. The summed E-state index contributed by atoms with van der Waals surface area (Å²) in [6, 6.07) is 0. The molecule has 0 saturated heterocycles. The minimum Gasteiger partial charge on any atom is -0.298 e. The van der Waals surface area contributed by atoms with Crippen LogP contribution in [0.5, 0.6) is 0 Å². The average Bonchev–Trinajstić information content (AvgIpc) is 2.43. The number of thiazole rings is 1. The van der Waals surface area contributed by atoms with E-state index in [1.54, 1.807) is 0 Å². The van der Waals surface area contributed by atoms with Crippen LogP contribution < -0.4 is 0 Å². The van der Waals surface area contributed by atoms with E-state index in [0.29, 0.717) is 5.01 Å². The first-order valence-corrected chi connectivity index (χ1v) is 7.63. The summed E-state index contributed by atoms with van der Waals surface area (Å²) in [6.07, 6.45) is 1.18. The number of ketones is 1. The number of Topliss-reactive ketones (excluding diaryl/α,β-unsaturated/α-hetero) is 1. The van der Waals surface area contributed by atoms with Gasteiger partial charge in [-0.25, -0.2) is 13.4 Å². The van der Waals surface area contributed by atoms with Crippen LogP contribution in [0.2, 0.25) is 0 Å². The number of nitrogens with zero attached hydrogens (tertiary/aromatic N) is 1. The Balaban J connectivity index is 2.80. The number of aryl methyl sites for hydroxylation is 2. The molecule has 0 N–H and O–H groups in total. The molecule has 1 aromatic heterocycles. The van der Waals surface area contributed by atoms with Crippen molar-refractivity contribution in [1.82, 2.24) is 4.98 Å². The predicted molar refractivity (Wildman–Crippen MR) is 64.6 cm³/mol. The van der Waals surface area contributed by atoms with Crippen molar-refractivity contribution in [2.75, 3.05) is 6.26 Å². The van der Waals surface area contributed by atoms with E-state index in [2.05, 4.69) is 4.98 Å². The number of rotatable bonds is 4. The summed E-state index contributed by atoms with van der Waals surface area (Å²) in [4.78, 5) is 16.9. The molecule has 4 nitrogen and oxygen atoms in total. The zero-order valence-corrected chi connectivity index (χ0v) is 11.4. The van der Waals surface area contributed by atoms with Crippen molar-refractivity contribution >= 4 is 27.0 Å². The highest BCUT2D eigenvalue weighted by molar-refractivity contribution is 7.92. The van der Waals surface area contributed by atoms with Crippen molar-refractivity contribution in [2.24, 2.45) is 0 Å². The summed E-state index contributed by atoms with van der Waals surface area (Å²) in [5.41, 5.74) is 0.903. The van der Waals surface area contributed by atoms with Gasteiger partial charge in [0.15, 0.2) is 15.6 Å². The Labute approximate surface area is 99.6 Å². The van der Waals surface area contributed by atoms with Crippen LogP contribution >= 0.6 is 11.3 Å². The molecule has 1 unspecified atom stereocenters. The van der Waals surface area contributed by atoms with Crippen LogP contribution in [0.1, 0.15) is 22.5 Å². The molecule has 0 aliphatic heterocycles. The van der Waals surface area contributed by atoms with Gasteiger partial charge in [0, 0.05) is 11.1 Å². The Morgan fingerprint density at radius 1 is 1.44 bits per heavy atom. The summed E-state index contributed by atoms with van der Waals surface area (Å²) in [5.74, 6) is -0.295. The summed E-state index contributed by atoms with van der Waals surface area (Å²) < 4.78 is 22.4. The van der Waals surface area contributed by atoms with Crippen molar-refractivity contribution in [3.05, 3.63) is 15.6 Å². The zero-order chi connectivity index (χ0) is 12.5. The van der Waals surface area contributed by atoms with E-state index in [1.807, 2.05) is 13.8 Å². The Bertz CT molecular complexity index is 483. The third-order valence-corrected chi connectivity index (χ3v) is 5.11. The van der Waals surface area contributed by atoms with Crippen LogP contribution in [-0.2, 0) is 21.1 Å². The SMILES string of the molecule is Cc1nc(CC(=O)C(C)S(C)(=O)=O)sc1C. The first-order valence-electron chi connectivity index (χ1n) is 4.86. The topological polar surface area (TPSA) is 64.1 Å². The minimum absolute atomic E-state index is 0.105. The first-order chi connectivity index (χ1) is 7.21. The van der Waals surface area contributed by atoms with Gasteiger partial charge in [0.1, 0.15) is 10.3 Å². The zero-order valence-electron chi connectivity index (χ0n) is 9.77. The molecule has 1 aromatic rings. The molecule has 0 radical (unpaired) electrons. The molecule has 0 aromatic carbocycles. The van der Waals surface area contributed by atoms with Crippen LogP contribution in [0.15, 0.2) is 0 Å². The summed E-state index contributed by atoms with van der Waals surface area (Å²) in [5, 5.41) is -0.257. The van der Waals surface area contributed by atoms with Gasteiger partial charge < -0.3 is 0 Å². The maximum absolute atomic E-state index is 11.7. The number of aromatic nitrogens is 1. The predicted octanol–water partition coefficient (Wildman–Crippen LogP) is 1.30. The molecule has 0 amide bonds. The normalized spacial score (nSPS) is 13.8. The Morgan fingerprint density at radius 2 is 2.00 bits per heavy atom. The molecule has 0 bridgehead atoms. The second-order valence-electron chi connectivity index (χ2n) is 3.86. The smallest absolute Gasteiger partial charge is 0.157 e. The standard InChI is InChI=1S/C10H15NO3S2/c1-6-7(2)15-10(11-6)5-9(12)8(3)16(4,13)14/h8H,5H2,1-4H3. The fourth-order valence-corrected chi connectivity index (χ4v) is 2.65. The molecule has 1 atom stereocenters. The molecule has 1 rings (SSSR count). The molecule has 0 aliphatic rings. The van der Waals surface area contributed by atoms with Crippen LogP contribution in [0.3, 0.4) is 0 Å². The molecule has 90 valence electrons. The molecule has 1 heterocycles. The van der Waals surface area contributed by atoms with E-state index in [4.69, 9.17) is 0 Å². The molecule has 6 heteroatoms. The van der Waals surface area contributed by atoms with E-state index in [-0.39, 0.29) is 12.2 Å². The Hall–Kier alpha value is -0.750. The van der Waals surface area contributed by atoms with Gasteiger partial charge in [-0.3, -0.25) is 4.79 Å². The van der Waals surface area contributed by atoms with Crippen molar-refractivity contribution in [2.45, 2.75) is 32.4 Å². The lowest BCUT2D eigenvalue weighted by molar-refractivity contribution is -0.117. The van der Waals surface area contributed by atoms with Gasteiger partial charge >= 0.3 is 0 Å². The largest absolute Gasteiger partial charge is 0.298 e. The van der Waals surface area contributed by atoms with E-state index < -0.39 is 15.1 Å². The molecular weight excluding hydrogens is 246 g/mol. The average molecular weight is 261 g/mol. The van der Waals surface area contributed by atoms with E-state index in [0.717, 1.165) is 16.8 Å². The lowest BCUT2D eigenvalue weighted by atomic mass is 10.2. The Kier molecular flexibility index (Phi) is 3.85. The van der Waals surface area contributed by atoms with Crippen molar-refractivity contribution in [1.29, 1.82) is 0 Å². The molecule has 0 aliphatic carbocycles. The van der Waals surface area contributed by atoms with Crippen LogP contribution in [0.4, 0.5) is 0 Å². The van der Waals surface area contributed by atoms with Gasteiger partial charge in [-0.15, -0.1) is 11.3 Å². The van der Waals surface area contributed by atoms with Crippen LogP contribution in [-0.4, -0.2) is 30.7 Å². The highest BCUT2D eigenvalue weighted by Crippen LogP contribution is 2.18. The summed E-state index contributed by atoms with van der Waals surface area (Å²) in [6.45, 7) is 5.23. The molecule has 0 spiro atoms. The number of carbonyl (C=O) groups excluding carboxylic acids is 1. The van der Waals surface area contributed by atoms with E-state index in [1.165, 1.54) is 18.3 Å². The van der Waals surface area contributed by atoms with Crippen LogP contribution in [0, 0.1) is 13.8 Å². The van der Waals surface area contributed by atoms with Gasteiger partial charge in [-0.1, -0.05) is 0 Å². The van der Waals surface area contributed by atoms with Gasteiger partial charge in [0.05, 0.1) is 12.1 Å². The third kappa shape index (κ3) is 3.12. The van der Waals surface area contributed by atoms with Crippen molar-refractivity contribution < 1.29 is 13.2 Å². The molecule has 16 heavy (non-hydrogen) atoms. The number of sulfone groups is 1. The van der Waals surface area contributed by atoms with Gasteiger partial charge in [0.2, 0.25) is 0 Å². The fourth-order valence-electron chi connectivity index (χ4n) is 1.15. The van der Waals surface area contributed by atoms with Crippen molar-refractivity contribution in [3.8, 4) is 0 Å². The second-order valence-corrected chi connectivity index (χ2v) is 7.52. The Morgan fingerprint density at radius 3 is 2.38 bits per heavy atom. The second kappa shape index (κ2) is 4.63. The fraction of sp³-hybridized carbons (Fsp3) is 0.600. The molecular formula is C10H15NO3S2. The van der Waals surface area contributed by atoms with Gasteiger partial charge in [-0.05, 0) is 20.8 Å². The number of carbonyl (C=O) groups is 1. The maximum Gasteiger partial charge on any atom is 0.157 e. The third-order valence-electron chi connectivity index (χ3n) is 2.49. The lowest BCUT2D eigenvalue weighted by Crippen LogP contribution is -2.27. The monoisotopic (exact) mass is 261 g/mol. The number of hydrogen-bond donors (Lipinski definition) is 0. The van der Waals surface area contributed by atoms with Crippen molar-refractivity contribution in [3.63, 3.8) is 0 Å². The molecule has 0 saturated carbocycles. The first kappa shape index (κ1) is 13.3. The molecule has 0 fully saturated rings. The highest BCUT2D eigenvalue weighted by Gasteiger charge is 2.24. The summed E-state index contributed by atoms with van der Waals surface area (Å²) >= 11 is 1.44. The van der Waals surface area contributed by atoms with Gasteiger partial charge in [-0.2, -0.15) is 0 Å². The quantitative estimate of drug-likeness (QED) is 0.819. The maximum atomic E-state index is 11.7. The van der Waals surface area contributed by atoms with E-state index in [9.17, 15) is 13.2 Å². The summed E-state index contributed by atoms with van der Waals surface area (Å²) in [7, 11) is -3.30.